The summed E-state index contributed by atoms with van der Waals surface area (Å²) in [5.41, 5.74) is 7.16. The van der Waals surface area contributed by atoms with Gasteiger partial charge in [-0.05, 0) is 11.6 Å². The van der Waals surface area contributed by atoms with Crippen LogP contribution in [0.25, 0.3) is 6.08 Å². The van der Waals surface area contributed by atoms with Crippen LogP contribution in [0.5, 0.6) is 0 Å². The number of carboxylic acids is 2. The van der Waals surface area contributed by atoms with Gasteiger partial charge in [-0.1, -0.05) is 30.4 Å². The first-order chi connectivity index (χ1) is 9.91. The number of amides is 2. The first-order valence-electron chi connectivity index (χ1n) is 5.88. The first-order valence-corrected chi connectivity index (χ1v) is 5.88. The van der Waals surface area contributed by atoms with Crippen molar-refractivity contribution in [1.29, 1.82) is 0 Å². The van der Waals surface area contributed by atoms with E-state index in [0.29, 0.717) is 18.7 Å². The summed E-state index contributed by atoms with van der Waals surface area (Å²) in [4.78, 5) is 31.7. The number of fused-ring (bicyclic) bond motifs is 1. The lowest BCUT2D eigenvalue weighted by Crippen LogP contribution is -2.37. The second-order valence-corrected chi connectivity index (χ2v) is 3.92. The average molecular weight is 290 g/mol. The van der Waals surface area contributed by atoms with Crippen molar-refractivity contribution < 1.29 is 24.6 Å². The molecule has 1 aliphatic heterocycles. The molecule has 0 aliphatic carbocycles. The molecule has 0 unspecified atom stereocenters. The highest BCUT2D eigenvalue weighted by Gasteiger charge is 2.15. The van der Waals surface area contributed by atoms with Crippen LogP contribution in [0, 0.1) is 0 Å². The van der Waals surface area contributed by atoms with Gasteiger partial charge in [-0.2, -0.15) is 0 Å². The molecule has 1 aliphatic rings. The molecule has 0 spiro atoms. The van der Waals surface area contributed by atoms with Crippen LogP contribution in [0.15, 0.2) is 42.5 Å². The fourth-order valence-electron chi connectivity index (χ4n) is 1.61. The standard InChI is InChI=1S/C10H10N2O.C4H4O4/c11-10(13)12-7-3-5-8-4-1-2-6-9(8)12;5-3(6)1-2-4(7)8/h1-6H,7H2,(H2,11,13);1-2H,(H,5,6)(H,7,8)/b;2-1+. The maximum atomic E-state index is 11.0. The molecular weight excluding hydrogens is 276 g/mol. The van der Waals surface area contributed by atoms with E-state index in [1.807, 2.05) is 36.4 Å². The molecular formula is C14H14N2O5. The van der Waals surface area contributed by atoms with E-state index < -0.39 is 18.0 Å². The van der Waals surface area contributed by atoms with Gasteiger partial charge >= 0.3 is 18.0 Å². The topological polar surface area (TPSA) is 121 Å². The number of rotatable bonds is 2. The smallest absolute Gasteiger partial charge is 0.328 e. The van der Waals surface area contributed by atoms with Crippen molar-refractivity contribution in [3.63, 3.8) is 0 Å². The number of nitrogens with zero attached hydrogens (tertiary/aromatic N) is 1. The minimum absolute atomic E-state index is 0.406. The molecule has 4 N–H and O–H groups in total. The first kappa shape index (κ1) is 16.0. The van der Waals surface area contributed by atoms with E-state index >= 15 is 0 Å². The lowest BCUT2D eigenvalue weighted by atomic mass is 10.1. The van der Waals surface area contributed by atoms with Gasteiger partial charge in [0.05, 0.1) is 5.69 Å². The Kier molecular flexibility index (Phi) is 5.69. The predicted octanol–water partition coefficient (Wildman–Crippen LogP) is 1.31. The number of urea groups is 1. The van der Waals surface area contributed by atoms with Gasteiger partial charge in [-0.3, -0.25) is 4.90 Å². The number of benzene rings is 1. The highest BCUT2D eigenvalue weighted by atomic mass is 16.4. The number of anilines is 1. The van der Waals surface area contributed by atoms with Crippen LogP contribution < -0.4 is 10.6 Å². The molecule has 0 fully saturated rings. The Morgan fingerprint density at radius 3 is 2.19 bits per heavy atom. The third-order valence-electron chi connectivity index (χ3n) is 2.45. The van der Waals surface area contributed by atoms with Gasteiger partial charge in [0.15, 0.2) is 0 Å². The number of nitrogens with two attached hydrogens (primary N) is 1. The predicted molar refractivity (Wildman–Crippen MR) is 76.8 cm³/mol. The van der Waals surface area contributed by atoms with Crippen LogP contribution in [0.1, 0.15) is 5.56 Å². The Morgan fingerprint density at radius 1 is 1.10 bits per heavy atom. The van der Waals surface area contributed by atoms with Crippen molar-refractivity contribution in [2.24, 2.45) is 5.73 Å². The Hall–Kier alpha value is -3.09. The monoisotopic (exact) mass is 290 g/mol. The Balaban J connectivity index is 0.000000240. The SMILES string of the molecule is NC(=O)N1CC=Cc2ccccc21.O=C(O)/C=C/C(=O)O. The van der Waals surface area contributed by atoms with Crippen molar-refractivity contribution in [3.8, 4) is 0 Å². The molecule has 110 valence electrons. The molecule has 7 nitrogen and oxygen atoms in total. The van der Waals surface area contributed by atoms with Crippen LogP contribution >= 0.6 is 0 Å². The van der Waals surface area contributed by atoms with Crippen LogP contribution in [-0.4, -0.2) is 34.7 Å². The maximum absolute atomic E-state index is 11.0. The molecule has 0 bridgehead atoms. The number of para-hydroxylation sites is 1. The zero-order chi connectivity index (χ0) is 15.8. The lowest BCUT2D eigenvalue weighted by molar-refractivity contribution is -0.134. The quantitative estimate of drug-likeness (QED) is 0.709. The number of hydrogen-bond donors (Lipinski definition) is 3. The molecule has 0 radical (unpaired) electrons. The van der Waals surface area contributed by atoms with E-state index in [0.717, 1.165) is 11.3 Å². The molecule has 0 saturated carbocycles. The molecule has 2 amide bonds. The number of hydrogen-bond acceptors (Lipinski definition) is 3. The highest BCUT2D eigenvalue weighted by molar-refractivity contribution is 5.94. The van der Waals surface area contributed by atoms with E-state index in [9.17, 15) is 14.4 Å². The molecule has 1 heterocycles. The van der Waals surface area contributed by atoms with Crippen LogP contribution in [0.4, 0.5) is 10.5 Å². The lowest BCUT2D eigenvalue weighted by Gasteiger charge is -2.23. The van der Waals surface area contributed by atoms with Gasteiger partial charge < -0.3 is 15.9 Å². The Morgan fingerprint density at radius 2 is 1.67 bits per heavy atom. The van der Waals surface area contributed by atoms with Gasteiger partial charge in [-0.15, -0.1) is 0 Å². The molecule has 1 aromatic carbocycles. The van der Waals surface area contributed by atoms with E-state index in [4.69, 9.17) is 15.9 Å². The van der Waals surface area contributed by atoms with Crippen molar-refractivity contribution in [1.82, 2.24) is 0 Å². The summed E-state index contributed by atoms with van der Waals surface area (Å²) in [6.45, 7) is 0.562. The third-order valence-corrected chi connectivity index (χ3v) is 2.45. The molecule has 0 saturated heterocycles. The molecule has 2 rings (SSSR count). The van der Waals surface area contributed by atoms with Gasteiger partial charge in [0.25, 0.3) is 0 Å². The van der Waals surface area contributed by atoms with Gasteiger partial charge in [0, 0.05) is 18.7 Å². The summed E-state index contributed by atoms with van der Waals surface area (Å²) in [6.07, 6.45) is 5.03. The second kappa shape index (κ2) is 7.49. The number of primary amides is 1. The van der Waals surface area contributed by atoms with Crippen LogP contribution in [0.2, 0.25) is 0 Å². The van der Waals surface area contributed by atoms with E-state index in [2.05, 4.69) is 0 Å². The normalized spacial score (nSPS) is 12.3. The summed E-state index contributed by atoms with van der Waals surface area (Å²) in [5, 5.41) is 15.6. The largest absolute Gasteiger partial charge is 0.478 e. The van der Waals surface area contributed by atoms with Crippen molar-refractivity contribution >= 4 is 29.7 Å². The molecule has 1 aromatic rings. The van der Waals surface area contributed by atoms with Crippen molar-refractivity contribution in [2.75, 3.05) is 11.4 Å². The third kappa shape index (κ3) is 5.19. The van der Waals surface area contributed by atoms with Crippen molar-refractivity contribution in [3.05, 3.63) is 48.1 Å². The summed E-state index contributed by atoms with van der Waals surface area (Å²) < 4.78 is 0. The zero-order valence-electron chi connectivity index (χ0n) is 11.0. The summed E-state index contributed by atoms with van der Waals surface area (Å²) >= 11 is 0. The number of carboxylic acid groups (broad SMARTS) is 2. The molecule has 7 heteroatoms. The number of carbonyl (C=O) groups is 3. The highest BCUT2D eigenvalue weighted by Crippen LogP contribution is 2.24. The fraction of sp³-hybridized carbons (Fsp3) is 0.0714. The van der Waals surface area contributed by atoms with Gasteiger partial charge in [0.1, 0.15) is 0 Å². The fourth-order valence-corrected chi connectivity index (χ4v) is 1.61. The minimum Gasteiger partial charge on any atom is -0.478 e. The molecule has 0 atom stereocenters. The van der Waals surface area contributed by atoms with Crippen LogP contribution in [-0.2, 0) is 9.59 Å². The second-order valence-electron chi connectivity index (χ2n) is 3.92. The summed E-state index contributed by atoms with van der Waals surface area (Å²) in [5.74, 6) is -2.51. The number of aliphatic carboxylic acids is 2. The molecule has 0 aromatic heterocycles. The van der Waals surface area contributed by atoms with Crippen LogP contribution in [0.3, 0.4) is 0 Å². The maximum Gasteiger partial charge on any atom is 0.328 e. The minimum atomic E-state index is -1.26. The van der Waals surface area contributed by atoms with E-state index in [-0.39, 0.29) is 0 Å². The zero-order valence-corrected chi connectivity index (χ0v) is 11.0. The number of carbonyl (C=O) groups excluding carboxylic acids is 1. The Bertz CT molecular complexity index is 591. The van der Waals surface area contributed by atoms with E-state index in [1.165, 1.54) is 0 Å². The van der Waals surface area contributed by atoms with Gasteiger partial charge in [-0.25, -0.2) is 14.4 Å². The van der Waals surface area contributed by atoms with Gasteiger partial charge in [0.2, 0.25) is 0 Å². The van der Waals surface area contributed by atoms with E-state index in [1.54, 1.807) is 4.90 Å². The Labute approximate surface area is 120 Å². The molecule has 21 heavy (non-hydrogen) atoms. The summed E-state index contributed by atoms with van der Waals surface area (Å²) in [7, 11) is 0. The summed E-state index contributed by atoms with van der Waals surface area (Å²) in [6, 6.07) is 7.28. The van der Waals surface area contributed by atoms with Crippen molar-refractivity contribution in [2.45, 2.75) is 0 Å². The average Bonchev–Trinajstić information content (AvgIpc) is 2.45.